The monoisotopic (exact) mass is 279 g/mol. The summed E-state index contributed by atoms with van der Waals surface area (Å²) in [7, 11) is 0. The number of thioether (sulfide) groups is 1. The second kappa shape index (κ2) is 4.42. The molecule has 1 aliphatic heterocycles. The number of rotatable bonds is 1. The van der Waals surface area contributed by atoms with Crippen molar-refractivity contribution in [1.29, 1.82) is 0 Å². The van der Waals surface area contributed by atoms with E-state index in [4.69, 9.17) is 5.73 Å². The normalized spacial score (nSPS) is 17.5. The van der Waals surface area contributed by atoms with E-state index in [1.54, 1.807) is 11.8 Å². The second-order valence-corrected chi connectivity index (χ2v) is 5.97. The van der Waals surface area contributed by atoms with Gasteiger partial charge >= 0.3 is 0 Å². The van der Waals surface area contributed by atoms with E-state index < -0.39 is 0 Å². The molecule has 1 aromatic heterocycles. The number of hydrogen-bond acceptors (Lipinski definition) is 3. The number of hydrogen-bond donors (Lipinski definition) is 2. The molecule has 0 atom stereocenters. The minimum atomic E-state index is 0.766. The van der Waals surface area contributed by atoms with Crippen LogP contribution in [0.5, 0.6) is 0 Å². The summed E-state index contributed by atoms with van der Waals surface area (Å²) in [5, 5.41) is 8.24. The molecule has 20 heavy (non-hydrogen) atoms. The molecular weight excluding hydrogens is 266 g/mol. The summed E-state index contributed by atoms with van der Waals surface area (Å²) in [6.45, 7) is 0. The maximum absolute atomic E-state index is 6.00. The van der Waals surface area contributed by atoms with Gasteiger partial charge in [0.15, 0.2) is 0 Å². The first-order valence-electron chi connectivity index (χ1n) is 6.50. The van der Waals surface area contributed by atoms with Gasteiger partial charge in [0, 0.05) is 26.4 Å². The minimum absolute atomic E-state index is 0.766. The lowest BCUT2D eigenvalue weighted by molar-refractivity contribution is 1.12. The van der Waals surface area contributed by atoms with Crippen LogP contribution in [-0.2, 0) is 0 Å². The second-order valence-electron chi connectivity index (χ2n) is 4.89. The fourth-order valence-corrected chi connectivity index (χ4v) is 3.63. The van der Waals surface area contributed by atoms with Crippen molar-refractivity contribution in [3.8, 4) is 0 Å². The summed E-state index contributed by atoms with van der Waals surface area (Å²) in [4.78, 5) is 2.52. The number of nitrogens with one attached hydrogen (secondary N) is 1. The van der Waals surface area contributed by atoms with Crippen molar-refractivity contribution in [3.05, 3.63) is 64.8 Å². The van der Waals surface area contributed by atoms with E-state index >= 15 is 0 Å². The number of anilines is 1. The number of aromatic amines is 1. The van der Waals surface area contributed by atoms with E-state index in [0.717, 1.165) is 28.6 Å². The molecule has 2 aromatic rings. The Kier molecular flexibility index (Phi) is 2.57. The van der Waals surface area contributed by atoms with Crippen LogP contribution in [0.2, 0.25) is 0 Å². The first-order valence-corrected chi connectivity index (χ1v) is 7.32. The van der Waals surface area contributed by atoms with Gasteiger partial charge in [-0.3, -0.25) is 5.10 Å². The topological polar surface area (TPSA) is 54.7 Å². The van der Waals surface area contributed by atoms with Crippen LogP contribution >= 0.6 is 11.8 Å². The summed E-state index contributed by atoms with van der Waals surface area (Å²) < 4.78 is 0. The number of allylic oxidation sites excluding steroid dienone is 6. The molecule has 3 nitrogen and oxygen atoms in total. The lowest BCUT2D eigenvalue weighted by Gasteiger charge is -2.19. The van der Waals surface area contributed by atoms with Gasteiger partial charge in [-0.05, 0) is 36.3 Å². The highest BCUT2D eigenvalue weighted by Gasteiger charge is 2.17. The predicted octanol–water partition coefficient (Wildman–Crippen LogP) is 4.00. The summed E-state index contributed by atoms with van der Waals surface area (Å²) in [6, 6.07) is 3.96. The maximum atomic E-state index is 6.00. The zero-order valence-electron chi connectivity index (χ0n) is 10.8. The van der Waals surface area contributed by atoms with Gasteiger partial charge in [-0.1, -0.05) is 30.0 Å². The third kappa shape index (κ3) is 1.80. The Morgan fingerprint density at radius 3 is 3.05 bits per heavy atom. The minimum Gasteiger partial charge on any atom is -0.399 e. The van der Waals surface area contributed by atoms with Crippen molar-refractivity contribution in [2.24, 2.45) is 0 Å². The Hall–Kier alpha value is -2.20. The first-order chi connectivity index (χ1) is 9.81. The summed E-state index contributed by atoms with van der Waals surface area (Å²) in [5.74, 6) is 0. The number of fused-ring (bicyclic) bond motifs is 2. The van der Waals surface area contributed by atoms with E-state index in [9.17, 15) is 0 Å². The van der Waals surface area contributed by atoms with Gasteiger partial charge in [0.1, 0.15) is 0 Å². The van der Waals surface area contributed by atoms with Crippen molar-refractivity contribution < 1.29 is 0 Å². The van der Waals surface area contributed by atoms with Crippen LogP contribution in [0.15, 0.2) is 59.2 Å². The van der Waals surface area contributed by atoms with Gasteiger partial charge in [0.2, 0.25) is 0 Å². The highest BCUT2D eigenvalue weighted by Crippen LogP contribution is 2.44. The van der Waals surface area contributed by atoms with Crippen LogP contribution in [0.25, 0.3) is 15.8 Å². The zero-order valence-corrected chi connectivity index (χ0v) is 11.6. The third-order valence-electron chi connectivity index (χ3n) is 3.53. The smallest absolute Gasteiger partial charge is 0.0735 e. The first kappa shape index (κ1) is 11.6. The Bertz CT molecular complexity index is 821. The SMILES string of the molecule is Nc1cc(C2=CC=C3CC=CC=C3S2)c2[nH]ncc2c1. The molecule has 98 valence electrons. The molecule has 1 aliphatic carbocycles. The number of benzene rings is 1. The van der Waals surface area contributed by atoms with Crippen LogP contribution in [-0.4, -0.2) is 10.2 Å². The summed E-state index contributed by atoms with van der Waals surface area (Å²) in [5.41, 5.74) is 10.3. The van der Waals surface area contributed by atoms with E-state index in [-0.39, 0.29) is 0 Å². The zero-order chi connectivity index (χ0) is 13.5. The maximum Gasteiger partial charge on any atom is 0.0735 e. The molecule has 0 saturated carbocycles. The lowest BCUT2D eigenvalue weighted by atomic mass is 10.1. The molecule has 0 fully saturated rings. The van der Waals surface area contributed by atoms with E-state index in [1.807, 2.05) is 18.3 Å². The Balaban J connectivity index is 1.86. The molecule has 0 amide bonds. The van der Waals surface area contributed by atoms with Crippen LogP contribution in [0.3, 0.4) is 0 Å². The van der Waals surface area contributed by atoms with Gasteiger partial charge in [0.25, 0.3) is 0 Å². The Morgan fingerprint density at radius 1 is 1.15 bits per heavy atom. The van der Waals surface area contributed by atoms with Crippen LogP contribution in [0.1, 0.15) is 12.0 Å². The number of nitrogens with two attached hydrogens (primary N) is 1. The molecule has 0 radical (unpaired) electrons. The molecule has 3 N–H and O–H groups in total. The molecule has 0 saturated heterocycles. The molecular formula is C16H13N3S. The predicted molar refractivity (Wildman–Crippen MR) is 86.0 cm³/mol. The molecule has 4 rings (SSSR count). The molecule has 0 unspecified atom stereocenters. The molecule has 0 spiro atoms. The molecule has 2 heterocycles. The average Bonchev–Trinajstić information content (AvgIpc) is 2.94. The Morgan fingerprint density at radius 2 is 2.10 bits per heavy atom. The third-order valence-corrected chi connectivity index (χ3v) is 4.72. The number of aromatic nitrogens is 2. The summed E-state index contributed by atoms with van der Waals surface area (Å²) >= 11 is 1.79. The van der Waals surface area contributed by atoms with Gasteiger partial charge in [0.05, 0.1) is 11.7 Å². The highest BCUT2D eigenvalue weighted by molar-refractivity contribution is 8.12. The molecule has 4 heteroatoms. The van der Waals surface area contributed by atoms with Gasteiger partial charge in [-0.2, -0.15) is 5.10 Å². The Labute approximate surface area is 120 Å². The van der Waals surface area contributed by atoms with E-state index in [0.29, 0.717) is 0 Å². The van der Waals surface area contributed by atoms with Crippen molar-refractivity contribution in [2.75, 3.05) is 5.73 Å². The quantitative estimate of drug-likeness (QED) is 0.776. The number of nitrogen functional groups attached to an aromatic ring is 1. The molecule has 2 aliphatic rings. The average molecular weight is 279 g/mol. The fraction of sp³-hybridized carbons (Fsp3) is 0.0625. The van der Waals surface area contributed by atoms with Crippen molar-refractivity contribution in [3.63, 3.8) is 0 Å². The van der Waals surface area contributed by atoms with Crippen molar-refractivity contribution >= 4 is 33.3 Å². The van der Waals surface area contributed by atoms with Crippen LogP contribution < -0.4 is 5.73 Å². The molecule has 1 aromatic carbocycles. The fourth-order valence-electron chi connectivity index (χ4n) is 2.56. The highest BCUT2D eigenvalue weighted by atomic mass is 32.2. The van der Waals surface area contributed by atoms with Crippen LogP contribution in [0, 0.1) is 0 Å². The van der Waals surface area contributed by atoms with Crippen LogP contribution in [0.4, 0.5) is 5.69 Å². The van der Waals surface area contributed by atoms with Gasteiger partial charge < -0.3 is 5.73 Å². The standard InChI is InChI=1S/C16H13N3S/c17-12-7-11-9-18-19-16(11)13(8-12)15-6-5-10-3-1-2-4-14(10)20-15/h1-2,4-9H,3,17H2,(H,18,19). The largest absolute Gasteiger partial charge is 0.399 e. The number of H-pyrrole nitrogens is 1. The molecule has 0 bridgehead atoms. The van der Waals surface area contributed by atoms with E-state index in [1.165, 1.54) is 15.4 Å². The number of nitrogens with zero attached hydrogens (tertiary/aromatic N) is 1. The van der Waals surface area contributed by atoms with Crippen molar-refractivity contribution in [1.82, 2.24) is 10.2 Å². The van der Waals surface area contributed by atoms with Gasteiger partial charge in [-0.25, -0.2) is 0 Å². The van der Waals surface area contributed by atoms with Gasteiger partial charge in [-0.15, -0.1) is 0 Å². The van der Waals surface area contributed by atoms with Crippen molar-refractivity contribution in [2.45, 2.75) is 6.42 Å². The lowest BCUT2D eigenvalue weighted by Crippen LogP contribution is -1.96. The summed E-state index contributed by atoms with van der Waals surface area (Å²) in [6.07, 6.45) is 13.7. The van der Waals surface area contributed by atoms with E-state index in [2.05, 4.69) is 40.6 Å².